The van der Waals surface area contributed by atoms with Crippen molar-refractivity contribution in [2.75, 3.05) is 14.2 Å². The topological polar surface area (TPSA) is 53.7 Å². The summed E-state index contributed by atoms with van der Waals surface area (Å²) in [5.41, 5.74) is 6.64. The Bertz CT molecular complexity index is 579. The molecule has 0 radical (unpaired) electrons. The summed E-state index contributed by atoms with van der Waals surface area (Å²) in [5.74, 6) is 2.43. The molecule has 0 aromatic heterocycles. The molecule has 0 bridgehead atoms. The molecule has 2 aromatic rings. The smallest absolute Gasteiger partial charge is 0.211 e. The fourth-order valence-electron chi connectivity index (χ4n) is 1.78. The Morgan fingerprint density at radius 2 is 1.65 bits per heavy atom. The van der Waals surface area contributed by atoms with Crippen LogP contribution in [0.1, 0.15) is 5.56 Å². The van der Waals surface area contributed by atoms with Gasteiger partial charge >= 0.3 is 0 Å². The molecule has 106 valence electrons. The van der Waals surface area contributed by atoms with Crippen molar-refractivity contribution in [1.29, 1.82) is 0 Å². The van der Waals surface area contributed by atoms with Crippen LogP contribution in [0.15, 0.2) is 40.9 Å². The molecular weight excluding hydrogens is 322 g/mol. The third kappa shape index (κ3) is 3.05. The second-order valence-electron chi connectivity index (χ2n) is 4.06. The van der Waals surface area contributed by atoms with Crippen LogP contribution in [0.3, 0.4) is 0 Å². The van der Waals surface area contributed by atoms with Gasteiger partial charge < -0.3 is 19.9 Å². The number of para-hydroxylation sites is 1. The molecule has 4 nitrogen and oxygen atoms in total. The lowest BCUT2D eigenvalue weighted by molar-refractivity contribution is 0.345. The lowest BCUT2D eigenvalue weighted by Gasteiger charge is -2.15. The molecule has 0 aliphatic rings. The molecule has 0 heterocycles. The quantitative estimate of drug-likeness (QED) is 0.903. The molecule has 2 N–H and O–H groups in total. The fraction of sp³-hybridized carbons (Fsp3) is 0.200. The maximum atomic E-state index is 5.92. The Labute approximate surface area is 126 Å². The van der Waals surface area contributed by atoms with Gasteiger partial charge in [0, 0.05) is 6.54 Å². The van der Waals surface area contributed by atoms with Crippen molar-refractivity contribution >= 4 is 15.9 Å². The van der Waals surface area contributed by atoms with E-state index in [9.17, 15) is 0 Å². The zero-order chi connectivity index (χ0) is 14.5. The van der Waals surface area contributed by atoms with E-state index >= 15 is 0 Å². The molecule has 0 fully saturated rings. The van der Waals surface area contributed by atoms with Crippen LogP contribution < -0.4 is 19.9 Å². The van der Waals surface area contributed by atoms with E-state index in [4.69, 9.17) is 19.9 Å². The van der Waals surface area contributed by atoms with Gasteiger partial charge in [0.2, 0.25) is 5.75 Å². The highest BCUT2D eigenvalue weighted by Crippen LogP contribution is 2.41. The van der Waals surface area contributed by atoms with E-state index in [1.807, 2.05) is 36.4 Å². The van der Waals surface area contributed by atoms with E-state index in [1.165, 1.54) is 0 Å². The minimum atomic E-state index is 0.483. The maximum Gasteiger partial charge on any atom is 0.211 e. The van der Waals surface area contributed by atoms with Crippen LogP contribution in [-0.4, -0.2) is 14.2 Å². The van der Waals surface area contributed by atoms with Gasteiger partial charge in [-0.3, -0.25) is 0 Å². The molecule has 5 heteroatoms. The lowest BCUT2D eigenvalue weighted by Crippen LogP contribution is -1.97. The van der Waals surface area contributed by atoms with Gasteiger partial charge in [-0.25, -0.2) is 0 Å². The predicted octanol–water partition coefficient (Wildman–Crippen LogP) is 3.72. The van der Waals surface area contributed by atoms with Gasteiger partial charge in [-0.05, 0) is 45.8 Å². The zero-order valence-corrected chi connectivity index (χ0v) is 12.9. The van der Waals surface area contributed by atoms with Crippen LogP contribution in [0.5, 0.6) is 23.0 Å². The Morgan fingerprint density at radius 1 is 1.00 bits per heavy atom. The Hall–Kier alpha value is -1.72. The van der Waals surface area contributed by atoms with Crippen molar-refractivity contribution in [2.45, 2.75) is 6.54 Å². The van der Waals surface area contributed by atoms with Crippen molar-refractivity contribution in [2.24, 2.45) is 5.73 Å². The average Bonchev–Trinajstić information content (AvgIpc) is 2.49. The zero-order valence-electron chi connectivity index (χ0n) is 11.4. The van der Waals surface area contributed by atoms with Gasteiger partial charge in [0.05, 0.1) is 18.7 Å². The van der Waals surface area contributed by atoms with Crippen LogP contribution in [0.25, 0.3) is 0 Å². The average molecular weight is 338 g/mol. The summed E-state index contributed by atoms with van der Waals surface area (Å²) in [4.78, 5) is 0. The van der Waals surface area contributed by atoms with Gasteiger partial charge in [-0.2, -0.15) is 0 Å². The summed E-state index contributed by atoms with van der Waals surface area (Å²) >= 11 is 3.48. The van der Waals surface area contributed by atoms with E-state index in [-0.39, 0.29) is 0 Å². The molecule has 0 amide bonds. The summed E-state index contributed by atoms with van der Waals surface area (Å²) in [5, 5.41) is 0. The van der Waals surface area contributed by atoms with E-state index in [0.29, 0.717) is 29.5 Å². The molecule has 2 aromatic carbocycles. The van der Waals surface area contributed by atoms with Crippen LogP contribution in [0.4, 0.5) is 0 Å². The van der Waals surface area contributed by atoms with E-state index < -0.39 is 0 Å². The number of nitrogens with two attached hydrogens (primary N) is 1. The number of halogens is 1. The van der Waals surface area contributed by atoms with Crippen LogP contribution in [0.2, 0.25) is 0 Å². The standard InChI is InChI=1S/C15H16BrNO3/c1-18-13-4-3-5-14(19-2)15(13)20-12-7-6-10(9-17)8-11(12)16/h3-8H,9,17H2,1-2H3. The maximum absolute atomic E-state index is 5.92. The fourth-order valence-corrected chi connectivity index (χ4v) is 2.29. The van der Waals surface area contributed by atoms with Gasteiger partial charge in [-0.15, -0.1) is 0 Å². The number of benzene rings is 2. The monoisotopic (exact) mass is 337 g/mol. The van der Waals surface area contributed by atoms with Crippen LogP contribution in [-0.2, 0) is 6.54 Å². The molecule has 0 aliphatic heterocycles. The highest BCUT2D eigenvalue weighted by atomic mass is 79.9. The number of hydrogen-bond acceptors (Lipinski definition) is 4. The first-order chi connectivity index (χ1) is 9.69. The normalized spacial score (nSPS) is 10.2. The molecule has 2 rings (SSSR count). The largest absolute Gasteiger partial charge is 0.493 e. The summed E-state index contributed by atoms with van der Waals surface area (Å²) in [7, 11) is 3.18. The van der Waals surface area contributed by atoms with E-state index in [2.05, 4.69) is 15.9 Å². The first-order valence-corrected chi connectivity index (χ1v) is 6.86. The van der Waals surface area contributed by atoms with Gasteiger partial charge in [0.25, 0.3) is 0 Å². The van der Waals surface area contributed by atoms with Crippen molar-refractivity contribution in [3.63, 3.8) is 0 Å². The van der Waals surface area contributed by atoms with Crippen LogP contribution >= 0.6 is 15.9 Å². The van der Waals surface area contributed by atoms with Gasteiger partial charge in [0.1, 0.15) is 5.75 Å². The third-order valence-corrected chi connectivity index (χ3v) is 3.45. The molecule has 0 unspecified atom stereocenters. The second-order valence-corrected chi connectivity index (χ2v) is 4.92. The Balaban J connectivity index is 2.39. The first-order valence-electron chi connectivity index (χ1n) is 6.07. The highest BCUT2D eigenvalue weighted by molar-refractivity contribution is 9.10. The first kappa shape index (κ1) is 14.7. The Morgan fingerprint density at radius 3 is 2.15 bits per heavy atom. The minimum Gasteiger partial charge on any atom is -0.493 e. The summed E-state index contributed by atoms with van der Waals surface area (Å²) in [6.07, 6.45) is 0. The van der Waals surface area contributed by atoms with E-state index in [0.717, 1.165) is 10.0 Å². The van der Waals surface area contributed by atoms with Crippen molar-refractivity contribution in [3.8, 4) is 23.0 Å². The van der Waals surface area contributed by atoms with Crippen molar-refractivity contribution in [3.05, 3.63) is 46.4 Å². The Kier molecular flexibility index (Phi) is 4.87. The third-order valence-electron chi connectivity index (χ3n) is 2.83. The highest BCUT2D eigenvalue weighted by Gasteiger charge is 2.14. The molecule has 0 saturated carbocycles. The molecule has 20 heavy (non-hydrogen) atoms. The number of methoxy groups -OCH3 is 2. The SMILES string of the molecule is COc1cccc(OC)c1Oc1ccc(CN)cc1Br. The lowest BCUT2D eigenvalue weighted by atomic mass is 10.2. The summed E-state index contributed by atoms with van der Waals surface area (Å²) < 4.78 is 17.4. The minimum absolute atomic E-state index is 0.483. The van der Waals surface area contributed by atoms with Gasteiger partial charge in [-0.1, -0.05) is 12.1 Å². The van der Waals surface area contributed by atoms with Crippen LogP contribution in [0, 0.1) is 0 Å². The summed E-state index contributed by atoms with van der Waals surface area (Å²) in [6.45, 7) is 0.483. The number of rotatable bonds is 5. The van der Waals surface area contributed by atoms with Crippen molar-refractivity contribution < 1.29 is 14.2 Å². The molecule has 0 spiro atoms. The van der Waals surface area contributed by atoms with E-state index in [1.54, 1.807) is 14.2 Å². The number of hydrogen-bond donors (Lipinski definition) is 1. The molecule has 0 saturated heterocycles. The predicted molar refractivity (Wildman–Crippen MR) is 81.7 cm³/mol. The molecule has 0 atom stereocenters. The van der Waals surface area contributed by atoms with Gasteiger partial charge in [0.15, 0.2) is 11.5 Å². The number of ether oxygens (including phenoxy) is 3. The molecule has 0 aliphatic carbocycles. The van der Waals surface area contributed by atoms with Crippen molar-refractivity contribution in [1.82, 2.24) is 0 Å². The second kappa shape index (κ2) is 6.63. The molecular formula is C15H16BrNO3. The summed E-state index contributed by atoms with van der Waals surface area (Å²) in [6, 6.07) is 11.2.